The molecule has 2 heteroatoms. The quantitative estimate of drug-likeness (QED) is 0.771. The molecule has 1 rings (SSSR count). The van der Waals surface area contributed by atoms with Crippen molar-refractivity contribution in [2.75, 3.05) is 0 Å². The van der Waals surface area contributed by atoms with E-state index in [-0.39, 0.29) is 0 Å². The molecule has 0 aromatic carbocycles. The van der Waals surface area contributed by atoms with Gasteiger partial charge >= 0.3 is 0 Å². The molecule has 0 radical (unpaired) electrons. The summed E-state index contributed by atoms with van der Waals surface area (Å²) in [4.78, 5) is 0. The standard InChI is InChI=1S/C13H23NO/c1-5-12(6-2)10(3)14-11(4)13-8-7-9-15-13/h7-12,14H,5-6H2,1-4H3. The van der Waals surface area contributed by atoms with Crippen LogP contribution in [0, 0.1) is 5.92 Å². The molecule has 1 N–H and O–H groups in total. The lowest BCUT2D eigenvalue weighted by Gasteiger charge is -2.25. The number of rotatable bonds is 6. The van der Waals surface area contributed by atoms with Crippen molar-refractivity contribution < 1.29 is 4.42 Å². The van der Waals surface area contributed by atoms with Gasteiger partial charge in [-0.2, -0.15) is 0 Å². The van der Waals surface area contributed by atoms with Crippen molar-refractivity contribution in [2.24, 2.45) is 5.92 Å². The van der Waals surface area contributed by atoms with E-state index in [2.05, 4.69) is 33.0 Å². The average molecular weight is 209 g/mol. The van der Waals surface area contributed by atoms with Gasteiger partial charge in [-0.05, 0) is 31.9 Å². The van der Waals surface area contributed by atoms with Gasteiger partial charge in [0.25, 0.3) is 0 Å². The molecule has 0 aliphatic carbocycles. The largest absolute Gasteiger partial charge is 0.468 e. The summed E-state index contributed by atoms with van der Waals surface area (Å²) in [7, 11) is 0. The molecule has 15 heavy (non-hydrogen) atoms. The van der Waals surface area contributed by atoms with Crippen LogP contribution in [0.4, 0.5) is 0 Å². The highest BCUT2D eigenvalue weighted by molar-refractivity contribution is 5.03. The SMILES string of the molecule is CCC(CC)C(C)NC(C)c1ccco1. The fourth-order valence-electron chi connectivity index (χ4n) is 2.15. The van der Waals surface area contributed by atoms with Gasteiger partial charge in [-0.1, -0.05) is 26.7 Å². The van der Waals surface area contributed by atoms with Crippen molar-refractivity contribution in [1.29, 1.82) is 0 Å². The van der Waals surface area contributed by atoms with E-state index in [1.54, 1.807) is 6.26 Å². The molecule has 0 saturated heterocycles. The zero-order chi connectivity index (χ0) is 11.3. The van der Waals surface area contributed by atoms with Gasteiger partial charge in [-0.3, -0.25) is 0 Å². The van der Waals surface area contributed by atoms with Crippen LogP contribution in [0.15, 0.2) is 22.8 Å². The first-order chi connectivity index (χ1) is 7.19. The highest BCUT2D eigenvalue weighted by Crippen LogP contribution is 2.18. The smallest absolute Gasteiger partial charge is 0.120 e. The van der Waals surface area contributed by atoms with Crippen molar-refractivity contribution in [3.05, 3.63) is 24.2 Å². The van der Waals surface area contributed by atoms with Crippen molar-refractivity contribution in [3.8, 4) is 0 Å². The molecule has 2 unspecified atom stereocenters. The first kappa shape index (κ1) is 12.3. The molecule has 0 fully saturated rings. The number of nitrogens with one attached hydrogen (secondary N) is 1. The second-order valence-corrected chi connectivity index (χ2v) is 4.27. The van der Waals surface area contributed by atoms with E-state index in [9.17, 15) is 0 Å². The van der Waals surface area contributed by atoms with Gasteiger partial charge in [0.15, 0.2) is 0 Å². The van der Waals surface area contributed by atoms with Crippen LogP contribution in [0.3, 0.4) is 0 Å². The zero-order valence-electron chi connectivity index (χ0n) is 10.3. The van der Waals surface area contributed by atoms with Crippen molar-refractivity contribution >= 4 is 0 Å². The molecular weight excluding hydrogens is 186 g/mol. The van der Waals surface area contributed by atoms with E-state index in [1.807, 2.05) is 12.1 Å². The molecule has 0 spiro atoms. The van der Waals surface area contributed by atoms with Crippen LogP contribution in [0.2, 0.25) is 0 Å². The number of furan rings is 1. The number of hydrogen-bond donors (Lipinski definition) is 1. The van der Waals surface area contributed by atoms with Crippen LogP contribution in [0.25, 0.3) is 0 Å². The third kappa shape index (κ3) is 3.38. The Balaban J connectivity index is 2.47. The summed E-state index contributed by atoms with van der Waals surface area (Å²) in [6.07, 6.45) is 4.19. The lowest BCUT2D eigenvalue weighted by Crippen LogP contribution is -2.34. The minimum Gasteiger partial charge on any atom is -0.468 e. The average Bonchev–Trinajstić information content (AvgIpc) is 2.72. The Kier molecular flexibility index (Phi) is 4.89. The topological polar surface area (TPSA) is 25.2 Å². The maximum atomic E-state index is 5.38. The van der Waals surface area contributed by atoms with Crippen LogP contribution in [0.1, 0.15) is 52.3 Å². The third-order valence-electron chi connectivity index (χ3n) is 3.24. The van der Waals surface area contributed by atoms with E-state index >= 15 is 0 Å². The molecule has 0 bridgehead atoms. The third-order valence-corrected chi connectivity index (χ3v) is 3.24. The minimum atomic E-state index is 0.301. The van der Waals surface area contributed by atoms with Crippen molar-refractivity contribution in [1.82, 2.24) is 5.32 Å². The molecule has 2 nitrogen and oxygen atoms in total. The lowest BCUT2D eigenvalue weighted by molar-refractivity contribution is 0.310. The molecule has 1 aromatic heterocycles. The zero-order valence-corrected chi connectivity index (χ0v) is 10.3. The summed E-state index contributed by atoms with van der Waals surface area (Å²) in [6.45, 7) is 8.92. The number of hydrogen-bond acceptors (Lipinski definition) is 2. The second kappa shape index (κ2) is 5.96. The van der Waals surface area contributed by atoms with Gasteiger partial charge < -0.3 is 9.73 Å². The summed E-state index contributed by atoms with van der Waals surface area (Å²) in [5, 5.41) is 3.59. The first-order valence-corrected chi connectivity index (χ1v) is 5.98. The molecule has 0 aliphatic heterocycles. The lowest BCUT2D eigenvalue weighted by atomic mass is 9.95. The Hall–Kier alpha value is -0.760. The van der Waals surface area contributed by atoms with Crippen LogP contribution >= 0.6 is 0 Å². The Bertz CT molecular complexity index is 252. The molecule has 0 saturated carbocycles. The monoisotopic (exact) mass is 209 g/mol. The predicted octanol–water partition coefficient (Wildman–Crippen LogP) is 3.75. The maximum Gasteiger partial charge on any atom is 0.120 e. The Morgan fingerprint density at radius 2 is 1.93 bits per heavy atom. The summed E-state index contributed by atoms with van der Waals surface area (Å²) >= 11 is 0. The van der Waals surface area contributed by atoms with Gasteiger partial charge in [-0.15, -0.1) is 0 Å². The Morgan fingerprint density at radius 1 is 1.27 bits per heavy atom. The fourth-order valence-corrected chi connectivity index (χ4v) is 2.15. The van der Waals surface area contributed by atoms with Gasteiger partial charge in [-0.25, -0.2) is 0 Å². The van der Waals surface area contributed by atoms with E-state index in [4.69, 9.17) is 4.42 Å². The Labute approximate surface area is 93.1 Å². The Morgan fingerprint density at radius 3 is 2.40 bits per heavy atom. The normalized spacial score (nSPS) is 15.5. The van der Waals surface area contributed by atoms with Gasteiger partial charge in [0.05, 0.1) is 12.3 Å². The molecule has 86 valence electrons. The minimum absolute atomic E-state index is 0.301. The van der Waals surface area contributed by atoms with E-state index in [0.29, 0.717) is 12.1 Å². The summed E-state index contributed by atoms with van der Waals surface area (Å²) < 4.78 is 5.38. The van der Waals surface area contributed by atoms with E-state index in [0.717, 1.165) is 11.7 Å². The molecule has 2 atom stereocenters. The van der Waals surface area contributed by atoms with Crippen LogP contribution in [-0.2, 0) is 0 Å². The van der Waals surface area contributed by atoms with Crippen LogP contribution in [0.5, 0.6) is 0 Å². The van der Waals surface area contributed by atoms with E-state index < -0.39 is 0 Å². The maximum absolute atomic E-state index is 5.38. The fraction of sp³-hybridized carbons (Fsp3) is 0.692. The summed E-state index contributed by atoms with van der Waals surface area (Å²) in [5.74, 6) is 1.77. The highest BCUT2D eigenvalue weighted by Gasteiger charge is 2.17. The van der Waals surface area contributed by atoms with Crippen molar-refractivity contribution in [3.63, 3.8) is 0 Å². The van der Waals surface area contributed by atoms with Crippen LogP contribution in [-0.4, -0.2) is 6.04 Å². The molecule has 0 aliphatic rings. The van der Waals surface area contributed by atoms with E-state index in [1.165, 1.54) is 12.8 Å². The predicted molar refractivity (Wildman–Crippen MR) is 63.8 cm³/mol. The van der Waals surface area contributed by atoms with Gasteiger partial charge in [0, 0.05) is 6.04 Å². The summed E-state index contributed by atoms with van der Waals surface area (Å²) in [5.41, 5.74) is 0. The second-order valence-electron chi connectivity index (χ2n) is 4.27. The highest BCUT2D eigenvalue weighted by atomic mass is 16.3. The molecule has 1 heterocycles. The molecule has 0 amide bonds. The summed E-state index contributed by atoms with van der Waals surface area (Å²) in [6, 6.07) is 4.81. The van der Waals surface area contributed by atoms with Crippen LogP contribution < -0.4 is 5.32 Å². The molecule has 1 aromatic rings. The first-order valence-electron chi connectivity index (χ1n) is 5.98. The van der Waals surface area contributed by atoms with Crippen molar-refractivity contribution in [2.45, 2.75) is 52.6 Å². The van der Waals surface area contributed by atoms with Gasteiger partial charge in [0.2, 0.25) is 0 Å². The molecular formula is C13H23NO. The van der Waals surface area contributed by atoms with Gasteiger partial charge in [0.1, 0.15) is 5.76 Å².